The van der Waals surface area contributed by atoms with E-state index in [4.69, 9.17) is 5.73 Å². The average molecular weight is 385 g/mol. The van der Waals surface area contributed by atoms with Gasteiger partial charge in [-0.1, -0.05) is 0 Å². The quantitative estimate of drug-likeness (QED) is 0.623. The number of aliphatic hydroxyl groups is 1. The van der Waals surface area contributed by atoms with Crippen LogP contribution in [0.1, 0.15) is 41.6 Å². The van der Waals surface area contributed by atoms with Gasteiger partial charge in [0.25, 0.3) is 5.91 Å². The van der Waals surface area contributed by atoms with E-state index in [0.717, 1.165) is 50.0 Å². The molecule has 1 aliphatic carbocycles. The Kier molecular flexibility index (Phi) is 3.96. The number of fused-ring (bicyclic) bond motifs is 3. The minimum absolute atomic E-state index is 0.0258. The third-order valence-corrected chi connectivity index (χ3v) is 6.46. The maximum Gasteiger partial charge on any atom is 0.251 e. The van der Waals surface area contributed by atoms with Crippen molar-refractivity contribution in [2.75, 3.05) is 26.2 Å². The summed E-state index contributed by atoms with van der Waals surface area (Å²) < 4.78 is 15.6. The number of piperidine rings is 1. The number of aromatic amines is 1. The number of likely N-dealkylation sites (tertiary alicyclic amines) is 1. The first-order chi connectivity index (χ1) is 13.5. The summed E-state index contributed by atoms with van der Waals surface area (Å²) in [6.45, 7) is 3.06. The molecule has 0 unspecified atom stereocenters. The van der Waals surface area contributed by atoms with Crippen molar-refractivity contribution in [3.8, 4) is 0 Å². The summed E-state index contributed by atoms with van der Waals surface area (Å²) in [7, 11) is 0. The van der Waals surface area contributed by atoms with Crippen LogP contribution >= 0.6 is 0 Å². The molecule has 0 bridgehead atoms. The van der Waals surface area contributed by atoms with Gasteiger partial charge in [0.2, 0.25) is 0 Å². The Balaban J connectivity index is 1.57. The van der Waals surface area contributed by atoms with E-state index in [1.807, 2.05) is 6.20 Å². The average Bonchev–Trinajstić information content (AvgIpc) is 3.28. The van der Waals surface area contributed by atoms with Crippen LogP contribution in [-0.2, 0) is 5.41 Å². The fourth-order valence-corrected chi connectivity index (χ4v) is 4.60. The minimum atomic E-state index is -0.701. The second-order valence-corrected chi connectivity index (χ2v) is 8.33. The maximum atomic E-state index is 13.9. The van der Waals surface area contributed by atoms with E-state index in [9.17, 15) is 14.3 Å². The predicted octanol–water partition coefficient (Wildman–Crippen LogP) is 1.79. The first kappa shape index (κ1) is 17.6. The zero-order valence-corrected chi connectivity index (χ0v) is 15.6. The van der Waals surface area contributed by atoms with E-state index in [0.29, 0.717) is 16.7 Å². The number of benzene rings is 1. The molecular weight excluding hydrogens is 361 g/mol. The Morgan fingerprint density at radius 2 is 2.11 bits per heavy atom. The lowest BCUT2D eigenvalue weighted by atomic mass is 9.74. The molecule has 1 aromatic carbocycles. The molecule has 2 aliphatic rings. The van der Waals surface area contributed by atoms with Crippen molar-refractivity contribution < 1.29 is 14.3 Å². The number of H-pyrrole nitrogens is 1. The molecule has 2 aromatic heterocycles. The van der Waals surface area contributed by atoms with E-state index >= 15 is 0 Å². The molecule has 1 saturated heterocycles. The van der Waals surface area contributed by atoms with Crippen LogP contribution < -0.4 is 5.73 Å². The predicted molar refractivity (Wildman–Crippen MR) is 103 cm³/mol. The number of primary amides is 1. The summed E-state index contributed by atoms with van der Waals surface area (Å²) in [6.07, 6.45) is 6.19. The van der Waals surface area contributed by atoms with Crippen LogP contribution in [0.15, 0.2) is 18.3 Å². The summed E-state index contributed by atoms with van der Waals surface area (Å²) in [5.74, 6) is -0.401. The fourth-order valence-electron chi connectivity index (χ4n) is 4.60. The van der Waals surface area contributed by atoms with Gasteiger partial charge < -0.3 is 15.7 Å². The molecule has 4 N–H and O–H groups in total. The number of hydrogen-bond donors (Lipinski definition) is 3. The Morgan fingerprint density at radius 3 is 2.75 bits per heavy atom. The van der Waals surface area contributed by atoms with E-state index < -0.39 is 17.1 Å². The van der Waals surface area contributed by atoms with Crippen LogP contribution in [0.5, 0.6) is 0 Å². The molecule has 28 heavy (non-hydrogen) atoms. The summed E-state index contributed by atoms with van der Waals surface area (Å²) in [4.78, 5) is 18.9. The van der Waals surface area contributed by atoms with Crippen molar-refractivity contribution in [1.29, 1.82) is 0 Å². The molecule has 0 atom stereocenters. The van der Waals surface area contributed by atoms with Gasteiger partial charge in [-0.2, -0.15) is 0 Å². The van der Waals surface area contributed by atoms with Gasteiger partial charge in [0.1, 0.15) is 11.3 Å². The monoisotopic (exact) mass is 385 g/mol. The number of carbonyl (C=O) groups excluding carboxylic acids is 1. The van der Waals surface area contributed by atoms with Crippen molar-refractivity contribution in [3.05, 3.63) is 35.3 Å². The van der Waals surface area contributed by atoms with Crippen molar-refractivity contribution in [2.45, 2.75) is 31.1 Å². The molecule has 3 heterocycles. The first-order valence-electron chi connectivity index (χ1n) is 9.83. The zero-order valence-electron chi connectivity index (χ0n) is 15.6. The third kappa shape index (κ3) is 2.70. The Hall–Kier alpha value is -2.45. The molecule has 7 nitrogen and oxygen atoms in total. The first-order valence-corrected chi connectivity index (χ1v) is 9.83. The second-order valence-electron chi connectivity index (χ2n) is 8.33. The Labute approximate surface area is 161 Å². The normalized spacial score (nSPS) is 20.2. The van der Waals surface area contributed by atoms with Crippen LogP contribution in [0, 0.1) is 11.7 Å². The number of halogens is 1. The maximum absolute atomic E-state index is 13.9. The fraction of sp³-hybridized carbons (Fsp3) is 0.500. The van der Waals surface area contributed by atoms with Gasteiger partial charge in [-0.3, -0.25) is 9.89 Å². The highest BCUT2D eigenvalue weighted by atomic mass is 19.1. The summed E-state index contributed by atoms with van der Waals surface area (Å²) in [5, 5.41) is 13.4. The molecule has 1 amide bonds. The highest BCUT2D eigenvalue weighted by Gasteiger charge is 2.39. The molecule has 1 saturated carbocycles. The highest BCUT2D eigenvalue weighted by Crippen LogP contribution is 2.39. The van der Waals surface area contributed by atoms with Crippen molar-refractivity contribution in [1.82, 2.24) is 19.5 Å². The van der Waals surface area contributed by atoms with E-state index in [1.54, 1.807) is 4.52 Å². The molecule has 3 aromatic rings. The molecule has 1 aliphatic heterocycles. The van der Waals surface area contributed by atoms with Gasteiger partial charge in [0.05, 0.1) is 17.7 Å². The largest absolute Gasteiger partial charge is 0.395 e. The van der Waals surface area contributed by atoms with Gasteiger partial charge in [0, 0.05) is 29.8 Å². The summed E-state index contributed by atoms with van der Waals surface area (Å²) in [6, 6.07) is 2.44. The van der Waals surface area contributed by atoms with E-state index in [1.165, 1.54) is 18.9 Å². The smallest absolute Gasteiger partial charge is 0.251 e. The Morgan fingerprint density at radius 1 is 1.36 bits per heavy atom. The third-order valence-electron chi connectivity index (χ3n) is 6.46. The molecule has 0 spiro atoms. The van der Waals surface area contributed by atoms with Gasteiger partial charge in [-0.25, -0.2) is 13.9 Å². The number of nitrogens with two attached hydrogens (primary N) is 1. The molecule has 0 radical (unpaired) electrons. The number of aromatic nitrogens is 3. The van der Waals surface area contributed by atoms with Crippen LogP contribution in [0.2, 0.25) is 0 Å². The molecule has 2 fully saturated rings. The van der Waals surface area contributed by atoms with E-state index in [-0.39, 0.29) is 12.2 Å². The van der Waals surface area contributed by atoms with Gasteiger partial charge >= 0.3 is 0 Å². The number of rotatable bonds is 5. The molecule has 8 heteroatoms. The SMILES string of the molecule is NC(=O)c1cc(F)cc2nc3c(C4(CO)CCN(CC5CC5)CC4)c[nH]n3c12. The van der Waals surface area contributed by atoms with Gasteiger partial charge in [-0.05, 0) is 50.8 Å². The second kappa shape index (κ2) is 6.28. The standard InChI is InChI=1S/C20H24FN5O2/c21-13-7-14(18(22)28)17-16(8-13)24-19-15(9-23-26(17)19)20(11-27)3-5-25(6-4-20)10-12-1-2-12/h7-9,12,23,27H,1-6,10-11H2,(H2,22,28). The number of amides is 1. The lowest BCUT2D eigenvalue weighted by molar-refractivity contribution is 0.0993. The number of aliphatic hydroxyl groups excluding tert-OH is 1. The number of nitrogens with one attached hydrogen (secondary N) is 1. The van der Waals surface area contributed by atoms with Gasteiger partial charge in [-0.15, -0.1) is 0 Å². The van der Waals surface area contributed by atoms with Gasteiger partial charge in [0.15, 0.2) is 5.65 Å². The topological polar surface area (TPSA) is 99.7 Å². The van der Waals surface area contributed by atoms with Crippen LogP contribution in [0.3, 0.4) is 0 Å². The molecule has 148 valence electrons. The zero-order chi connectivity index (χ0) is 19.5. The van der Waals surface area contributed by atoms with Crippen molar-refractivity contribution >= 4 is 22.6 Å². The highest BCUT2D eigenvalue weighted by molar-refractivity contribution is 6.05. The van der Waals surface area contributed by atoms with Crippen LogP contribution in [0.4, 0.5) is 4.39 Å². The number of nitrogens with zero attached hydrogens (tertiary/aromatic N) is 3. The number of hydrogen-bond acceptors (Lipinski definition) is 4. The van der Waals surface area contributed by atoms with Crippen molar-refractivity contribution in [2.24, 2.45) is 11.7 Å². The van der Waals surface area contributed by atoms with Crippen LogP contribution in [-0.4, -0.2) is 56.8 Å². The lowest BCUT2D eigenvalue weighted by Gasteiger charge is -2.40. The lowest BCUT2D eigenvalue weighted by Crippen LogP contribution is -2.45. The number of imidazole rings is 1. The Bertz CT molecular complexity index is 1060. The summed E-state index contributed by atoms with van der Waals surface area (Å²) >= 11 is 0. The summed E-state index contributed by atoms with van der Waals surface area (Å²) in [5.41, 5.74) is 7.52. The molecular formula is C20H24FN5O2. The van der Waals surface area contributed by atoms with Crippen molar-refractivity contribution in [3.63, 3.8) is 0 Å². The van der Waals surface area contributed by atoms with Crippen LogP contribution in [0.25, 0.3) is 16.7 Å². The van der Waals surface area contributed by atoms with E-state index in [2.05, 4.69) is 15.0 Å². The molecule has 5 rings (SSSR count). The number of carbonyl (C=O) groups is 1. The minimum Gasteiger partial charge on any atom is -0.395 e.